The van der Waals surface area contributed by atoms with Crippen molar-refractivity contribution in [2.75, 3.05) is 7.11 Å². The van der Waals surface area contributed by atoms with Gasteiger partial charge in [0.1, 0.15) is 11.5 Å². The van der Waals surface area contributed by atoms with Crippen LogP contribution in [-0.4, -0.2) is 23.1 Å². The molecular formula is C23H17F3O4. The van der Waals surface area contributed by atoms with Crippen molar-refractivity contribution in [3.63, 3.8) is 0 Å². The van der Waals surface area contributed by atoms with Crippen LogP contribution in [0.1, 0.15) is 50.2 Å². The standard InChI is InChI=1S/C23H17F3O4/c1-30-22(12-8-10-13(11-9-12)23(24,25)26)18-14-4-2-6-16(27)19(14)21(29)20-15(18)5-3-7-17(20)28/h2-11,18,22,27-28H,1H3. The highest BCUT2D eigenvalue weighted by Gasteiger charge is 2.40. The largest absolute Gasteiger partial charge is 0.507 e. The first kappa shape index (κ1) is 20.0. The van der Waals surface area contributed by atoms with Crippen molar-refractivity contribution < 1.29 is 32.9 Å². The van der Waals surface area contributed by atoms with Crippen LogP contribution in [0, 0.1) is 0 Å². The zero-order valence-corrected chi connectivity index (χ0v) is 15.8. The van der Waals surface area contributed by atoms with Gasteiger partial charge < -0.3 is 14.9 Å². The molecule has 154 valence electrons. The number of halogens is 3. The topological polar surface area (TPSA) is 66.8 Å². The van der Waals surface area contributed by atoms with Crippen molar-refractivity contribution >= 4 is 5.78 Å². The van der Waals surface area contributed by atoms with E-state index in [0.717, 1.165) is 12.1 Å². The van der Waals surface area contributed by atoms with Gasteiger partial charge in [-0.2, -0.15) is 13.2 Å². The van der Waals surface area contributed by atoms with Crippen LogP contribution in [0.5, 0.6) is 11.5 Å². The minimum Gasteiger partial charge on any atom is -0.507 e. The molecule has 0 spiro atoms. The highest BCUT2D eigenvalue weighted by atomic mass is 19.4. The molecule has 0 aliphatic heterocycles. The number of aromatic hydroxyl groups is 2. The number of hydrogen-bond donors (Lipinski definition) is 2. The summed E-state index contributed by atoms with van der Waals surface area (Å²) in [4.78, 5) is 13.0. The van der Waals surface area contributed by atoms with Gasteiger partial charge in [0.2, 0.25) is 5.78 Å². The molecule has 0 fully saturated rings. The van der Waals surface area contributed by atoms with Crippen LogP contribution in [0.15, 0.2) is 60.7 Å². The highest BCUT2D eigenvalue weighted by molar-refractivity contribution is 6.16. The van der Waals surface area contributed by atoms with Crippen LogP contribution < -0.4 is 0 Å². The number of carbonyl (C=O) groups is 1. The van der Waals surface area contributed by atoms with E-state index in [0.29, 0.717) is 16.7 Å². The number of rotatable bonds is 3. The number of phenolic OH excluding ortho intramolecular Hbond substituents is 2. The van der Waals surface area contributed by atoms with E-state index in [-0.39, 0.29) is 22.6 Å². The molecule has 0 amide bonds. The summed E-state index contributed by atoms with van der Waals surface area (Å²) < 4.78 is 44.6. The summed E-state index contributed by atoms with van der Waals surface area (Å²) in [6.45, 7) is 0. The van der Waals surface area contributed by atoms with Gasteiger partial charge in [0.25, 0.3) is 0 Å². The number of fused-ring (bicyclic) bond motifs is 2. The number of phenols is 2. The first-order valence-corrected chi connectivity index (χ1v) is 9.12. The lowest BCUT2D eigenvalue weighted by Gasteiger charge is -2.33. The zero-order chi connectivity index (χ0) is 21.6. The minimum absolute atomic E-state index is 0.0467. The molecule has 0 radical (unpaired) electrons. The molecule has 3 aromatic rings. The fourth-order valence-corrected chi connectivity index (χ4v) is 4.07. The monoisotopic (exact) mass is 414 g/mol. The van der Waals surface area contributed by atoms with E-state index in [9.17, 15) is 28.2 Å². The summed E-state index contributed by atoms with van der Waals surface area (Å²) in [5.41, 5.74) is 0.732. The number of hydrogen-bond acceptors (Lipinski definition) is 4. The van der Waals surface area contributed by atoms with Crippen LogP contribution in [0.3, 0.4) is 0 Å². The molecule has 0 heterocycles. The summed E-state index contributed by atoms with van der Waals surface area (Å²) in [6.07, 6.45) is -5.23. The van der Waals surface area contributed by atoms with Crippen LogP contribution in [-0.2, 0) is 10.9 Å². The lowest BCUT2D eigenvalue weighted by molar-refractivity contribution is -0.137. The van der Waals surface area contributed by atoms with E-state index in [1.165, 1.54) is 31.4 Å². The number of carbonyl (C=O) groups excluding carboxylic acids is 1. The quantitative estimate of drug-likeness (QED) is 0.620. The molecule has 0 aromatic heterocycles. The van der Waals surface area contributed by atoms with Gasteiger partial charge >= 0.3 is 6.18 Å². The van der Waals surface area contributed by atoms with Crippen molar-refractivity contribution in [2.45, 2.75) is 18.2 Å². The van der Waals surface area contributed by atoms with Crippen molar-refractivity contribution in [2.24, 2.45) is 0 Å². The Labute approximate surface area is 170 Å². The second-order valence-electron chi connectivity index (χ2n) is 7.07. The van der Waals surface area contributed by atoms with Gasteiger partial charge in [0.05, 0.1) is 22.8 Å². The van der Waals surface area contributed by atoms with Gasteiger partial charge in [0, 0.05) is 13.0 Å². The molecule has 2 N–H and O–H groups in total. The van der Waals surface area contributed by atoms with E-state index in [1.807, 2.05) is 0 Å². The predicted molar refractivity (Wildman–Crippen MR) is 103 cm³/mol. The maximum atomic E-state index is 13.0. The summed E-state index contributed by atoms with van der Waals surface area (Å²) in [5.74, 6) is -1.62. The normalized spacial score (nSPS) is 14.9. The smallest absolute Gasteiger partial charge is 0.416 e. The lowest BCUT2D eigenvalue weighted by atomic mass is 9.73. The van der Waals surface area contributed by atoms with Crippen LogP contribution >= 0.6 is 0 Å². The van der Waals surface area contributed by atoms with Gasteiger partial charge in [0.15, 0.2) is 0 Å². The Hall–Kier alpha value is -3.32. The van der Waals surface area contributed by atoms with Crippen LogP contribution in [0.25, 0.3) is 0 Å². The molecule has 4 nitrogen and oxygen atoms in total. The molecule has 1 aliphatic rings. The number of benzene rings is 3. The highest BCUT2D eigenvalue weighted by Crippen LogP contribution is 2.49. The zero-order valence-electron chi connectivity index (χ0n) is 15.8. The average molecular weight is 414 g/mol. The van der Waals surface area contributed by atoms with E-state index in [2.05, 4.69) is 0 Å². The summed E-state index contributed by atoms with van der Waals surface area (Å²) in [5, 5.41) is 20.7. The van der Waals surface area contributed by atoms with Gasteiger partial charge in [-0.25, -0.2) is 0 Å². The Balaban J connectivity index is 1.91. The Morgan fingerprint density at radius 1 is 0.867 bits per heavy atom. The molecule has 30 heavy (non-hydrogen) atoms. The van der Waals surface area contributed by atoms with Crippen LogP contribution in [0.4, 0.5) is 13.2 Å². The fraction of sp³-hybridized carbons (Fsp3) is 0.174. The second-order valence-corrected chi connectivity index (χ2v) is 7.07. The number of ether oxygens (including phenoxy) is 1. The molecule has 0 saturated carbocycles. The Bertz CT molecular complexity index is 1060. The maximum absolute atomic E-state index is 13.0. The second kappa shape index (κ2) is 7.18. The van der Waals surface area contributed by atoms with E-state index < -0.39 is 29.5 Å². The molecule has 0 bridgehead atoms. The van der Waals surface area contributed by atoms with Crippen LogP contribution in [0.2, 0.25) is 0 Å². The summed E-state index contributed by atoms with van der Waals surface area (Å²) >= 11 is 0. The van der Waals surface area contributed by atoms with Gasteiger partial charge in [-0.05, 0) is 41.0 Å². The third-order valence-electron chi connectivity index (χ3n) is 5.40. The van der Waals surface area contributed by atoms with E-state index in [1.54, 1.807) is 24.3 Å². The molecule has 1 atom stereocenters. The fourth-order valence-electron chi connectivity index (χ4n) is 4.07. The van der Waals surface area contributed by atoms with E-state index in [4.69, 9.17) is 4.74 Å². The third kappa shape index (κ3) is 3.11. The van der Waals surface area contributed by atoms with Gasteiger partial charge in [-0.1, -0.05) is 36.4 Å². The average Bonchev–Trinajstić information content (AvgIpc) is 2.70. The van der Waals surface area contributed by atoms with Crippen molar-refractivity contribution in [1.82, 2.24) is 0 Å². The van der Waals surface area contributed by atoms with Crippen molar-refractivity contribution in [3.8, 4) is 11.5 Å². The number of alkyl halides is 3. The molecule has 4 rings (SSSR count). The first-order chi connectivity index (χ1) is 14.2. The van der Waals surface area contributed by atoms with Gasteiger partial charge in [-0.3, -0.25) is 4.79 Å². The molecule has 1 unspecified atom stereocenters. The molecule has 3 aromatic carbocycles. The molecule has 0 saturated heterocycles. The minimum atomic E-state index is -4.46. The number of ketones is 1. The molecular weight excluding hydrogens is 397 g/mol. The maximum Gasteiger partial charge on any atom is 0.416 e. The van der Waals surface area contributed by atoms with Crippen molar-refractivity contribution in [3.05, 3.63) is 94.0 Å². The molecule has 7 heteroatoms. The first-order valence-electron chi connectivity index (χ1n) is 9.12. The Kier molecular flexibility index (Phi) is 4.78. The van der Waals surface area contributed by atoms with Crippen molar-refractivity contribution in [1.29, 1.82) is 0 Å². The predicted octanol–water partition coefficient (Wildman–Crippen LogP) is 5.18. The Morgan fingerprint density at radius 2 is 1.37 bits per heavy atom. The summed E-state index contributed by atoms with van der Waals surface area (Å²) in [6, 6.07) is 13.9. The lowest BCUT2D eigenvalue weighted by Crippen LogP contribution is -2.25. The summed E-state index contributed by atoms with van der Waals surface area (Å²) in [7, 11) is 1.42. The molecule has 1 aliphatic carbocycles. The van der Waals surface area contributed by atoms with E-state index >= 15 is 0 Å². The SMILES string of the molecule is COC(c1ccc(C(F)(F)F)cc1)C1c2cccc(O)c2C(=O)c2c(O)cccc21. The van der Waals surface area contributed by atoms with Gasteiger partial charge in [-0.15, -0.1) is 0 Å². The Morgan fingerprint density at radius 3 is 1.80 bits per heavy atom. The third-order valence-corrected chi connectivity index (χ3v) is 5.40. The number of methoxy groups -OCH3 is 1.